The molecule has 3 aromatic rings. The molecule has 0 spiro atoms. The fourth-order valence-corrected chi connectivity index (χ4v) is 5.36. The van der Waals surface area contributed by atoms with E-state index in [4.69, 9.17) is 15.5 Å². The van der Waals surface area contributed by atoms with Crippen molar-refractivity contribution in [3.63, 3.8) is 0 Å². The zero-order chi connectivity index (χ0) is 25.9. The minimum Gasteiger partial charge on any atom is -0.396 e. The molecule has 194 valence electrons. The number of methoxy groups -OCH3 is 1. The first-order valence-electron chi connectivity index (χ1n) is 13.3. The summed E-state index contributed by atoms with van der Waals surface area (Å²) in [4.78, 5) is 31.4. The molecule has 0 bridgehead atoms. The number of fused-ring (bicyclic) bond motifs is 1. The molecule has 2 aliphatic rings. The largest absolute Gasteiger partial charge is 0.396 e. The van der Waals surface area contributed by atoms with Gasteiger partial charge in [-0.05, 0) is 43.0 Å². The van der Waals surface area contributed by atoms with Gasteiger partial charge >= 0.3 is 0 Å². The van der Waals surface area contributed by atoms with Gasteiger partial charge in [-0.15, -0.1) is 0 Å². The number of nitrogens with zero attached hydrogens (tertiary/aromatic N) is 5. The van der Waals surface area contributed by atoms with Crippen LogP contribution in [0.3, 0.4) is 0 Å². The van der Waals surface area contributed by atoms with Crippen molar-refractivity contribution in [3.8, 4) is 11.1 Å². The summed E-state index contributed by atoms with van der Waals surface area (Å²) in [6, 6.07) is 8.34. The molecule has 0 radical (unpaired) electrons. The molecule has 1 aliphatic heterocycles. The van der Waals surface area contributed by atoms with Crippen molar-refractivity contribution >= 4 is 34.4 Å². The third-order valence-corrected chi connectivity index (χ3v) is 7.39. The number of piperazine rings is 1. The van der Waals surface area contributed by atoms with Crippen molar-refractivity contribution in [1.82, 2.24) is 19.9 Å². The number of nitrogens with two attached hydrogens (primary N) is 1. The first-order valence-corrected chi connectivity index (χ1v) is 13.3. The number of rotatable bonds is 9. The zero-order valence-corrected chi connectivity index (χ0v) is 21.8. The minimum absolute atomic E-state index is 0.141. The molecule has 1 aromatic carbocycles. The molecule has 5 rings (SSSR count). The molecule has 2 fully saturated rings. The summed E-state index contributed by atoms with van der Waals surface area (Å²) >= 11 is 0. The Kier molecular flexibility index (Phi) is 7.37. The average molecular weight is 501 g/mol. The Morgan fingerprint density at radius 2 is 2.08 bits per heavy atom. The predicted molar refractivity (Wildman–Crippen MR) is 148 cm³/mol. The summed E-state index contributed by atoms with van der Waals surface area (Å²) in [5, 5.41) is 0.982. The molecular weight excluding hydrogens is 464 g/mol. The van der Waals surface area contributed by atoms with Crippen LogP contribution in [0.4, 0.5) is 11.5 Å². The molecule has 1 aliphatic carbocycles. The van der Waals surface area contributed by atoms with Crippen LogP contribution in [0.15, 0.2) is 37.0 Å². The van der Waals surface area contributed by atoms with Gasteiger partial charge in [0.1, 0.15) is 0 Å². The molecule has 1 saturated carbocycles. The van der Waals surface area contributed by atoms with Crippen LogP contribution < -0.4 is 10.6 Å². The predicted octanol–water partition coefficient (Wildman–Crippen LogP) is 4.65. The molecule has 8 nitrogen and oxygen atoms in total. The second-order valence-electron chi connectivity index (χ2n) is 10.00. The molecule has 1 saturated heterocycles. The second kappa shape index (κ2) is 10.8. The Hall–Kier alpha value is -3.52. The van der Waals surface area contributed by atoms with E-state index in [0.29, 0.717) is 43.5 Å². The Labute approximate surface area is 218 Å². The van der Waals surface area contributed by atoms with E-state index in [1.165, 1.54) is 0 Å². The lowest BCUT2D eigenvalue weighted by Gasteiger charge is -2.42. The van der Waals surface area contributed by atoms with Crippen molar-refractivity contribution in [1.29, 1.82) is 0 Å². The highest BCUT2D eigenvalue weighted by Gasteiger charge is 2.34. The van der Waals surface area contributed by atoms with Crippen LogP contribution in [0.25, 0.3) is 28.1 Å². The van der Waals surface area contributed by atoms with Gasteiger partial charge in [-0.3, -0.25) is 4.79 Å². The van der Waals surface area contributed by atoms with Crippen LogP contribution in [-0.2, 0) is 9.53 Å². The first-order chi connectivity index (χ1) is 18.0. The number of carbonyl (C=O) groups excluding carboxylic acids is 1. The zero-order valence-electron chi connectivity index (χ0n) is 21.8. The standard InChI is InChI=1S/C29H36N6O2/c1-4-7-20-18-34(13-14-35(20)27(36)12-15-37-3)29-24(30)16-22(28(33-29)19-10-11-19)21-8-6-9-25-23(21)17-31-26(5-2)32-25/h5-6,8-9,16-17,19-20H,2,4,7,10-15,18,30H2,1,3H3/t20-/m1/s1. The topological polar surface area (TPSA) is 97.5 Å². The van der Waals surface area contributed by atoms with Crippen LogP contribution in [0.2, 0.25) is 0 Å². The normalized spacial score (nSPS) is 17.8. The highest BCUT2D eigenvalue weighted by molar-refractivity contribution is 5.96. The third-order valence-electron chi connectivity index (χ3n) is 7.39. The highest BCUT2D eigenvalue weighted by atomic mass is 16.5. The van der Waals surface area contributed by atoms with Crippen molar-refractivity contribution in [2.75, 3.05) is 44.0 Å². The minimum atomic E-state index is 0.141. The number of pyridine rings is 1. The maximum atomic E-state index is 12.8. The monoisotopic (exact) mass is 500 g/mol. The molecule has 0 unspecified atom stereocenters. The van der Waals surface area contributed by atoms with Gasteiger partial charge in [-0.1, -0.05) is 32.1 Å². The molecule has 2 N–H and O–H groups in total. The van der Waals surface area contributed by atoms with Crippen LogP contribution in [-0.4, -0.2) is 65.2 Å². The van der Waals surface area contributed by atoms with Gasteiger partial charge < -0.3 is 20.3 Å². The van der Waals surface area contributed by atoms with Gasteiger partial charge in [-0.25, -0.2) is 15.0 Å². The summed E-state index contributed by atoms with van der Waals surface area (Å²) in [6.07, 6.45) is 8.17. The number of anilines is 2. The van der Waals surface area contributed by atoms with Gasteiger partial charge in [0.15, 0.2) is 11.6 Å². The summed E-state index contributed by atoms with van der Waals surface area (Å²) < 4.78 is 5.14. The SMILES string of the molecule is C=Cc1ncc2c(-c3cc(N)c(N4CCN(C(=O)CCOC)[C@H](CCC)C4)nc3C3CC3)cccc2n1. The van der Waals surface area contributed by atoms with E-state index in [-0.39, 0.29) is 11.9 Å². The van der Waals surface area contributed by atoms with E-state index < -0.39 is 0 Å². The maximum absolute atomic E-state index is 12.8. The molecule has 2 aromatic heterocycles. The molecule has 3 heterocycles. The van der Waals surface area contributed by atoms with E-state index >= 15 is 0 Å². The molecule has 37 heavy (non-hydrogen) atoms. The van der Waals surface area contributed by atoms with Crippen LogP contribution >= 0.6 is 0 Å². The van der Waals surface area contributed by atoms with Gasteiger partial charge in [-0.2, -0.15) is 0 Å². The lowest BCUT2D eigenvalue weighted by atomic mass is 9.97. The third kappa shape index (κ3) is 5.16. The maximum Gasteiger partial charge on any atom is 0.225 e. The van der Waals surface area contributed by atoms with E-state index in [9.17, 15) is 4.79 Å². The fraction of sp³-hybridized carbons (Fsp3) is 0.448. The Bertz CT molecular complexity index is 1310. The number of aromatic nitrogens is 3. The van der Waals surface area contributed by atoms with E-state index in [1.807, 2.05) is 23.2 Å². The number of hydrogen-bond acceptors (Lipinski definition) is 7. The Morgan fingerprint density at radius 1 is 1.24 bits per heavy atom. The number of carbonyl (C=O) groups is 1. The number of hydrogen-bond donors (Lipinski definition) is 1. The molecule has 8 heteroatoms. The van der Waals surface area contributed by atoms with E-state index in [1.54, 1.807) is 13.2 Å². The average Bonchev–Trinajstić information content (AvgIpc) is 3.76. The Morgan fingerprint density at radius 3 is 2.81 bits per heavy atom. The number of amides is 1. The van der Waals surface area contributed by atoms with Gasteiger partial charge in [0, 0.05) is 55.9 Å². The van der Waals surface area contributed by atoms with Crippen LogP contribution in [0.1, 0.15) is 56.5 Å². The molecule has 1 amide bonds. The van der Waals surface area contributed by atoms with Gasteiger partial charge in [0.2, 0.25) is 5.91 Å². The molecule has 1 atom stereocenters. The number of benzene rings is 1. The first kappa shape index (κ1) is 25.1. The summed E-state index contributed by atoms with van der Waals surface area (Å²) in [5.74, 6) is 2.04. The number of nitrogen functional groups attached to an aromatic ring is 1. The molecular formula is C29H36N6O2. The van der Waals surface area contributed by atoms with Crippen molar-refractivity contribution in [2.45, 2.75) is 51.0 Å². The van der Waals surface area contributed by atoms with Crippen molar-refractivity contribution in [2.24, 2.45) is 0 Å². The lowest BCUT2D eigenvalue weighted by molar-refractivity contribution is -0.135. The quantitative estimate of drug-likeness (QED) is 0.457. The Balaban J connectivity index is 1.49. The van der Waals surface area contributed by atoms with Crippen molar-refractivity contribution in [3.05, 3.63) is 48.6 Å². The van der Waals surface area contributed by atoms with Crippen LogP contribution in [0, 0.1) is 0 Å². The van der Waals surface area contributed by atoms with Crippen molar-refractivity contribution < 1.29 is 9.53 Å². The second-order valence-corrected chi connectivity index (χ2v) is 10.00. The summed E-state index contributed by atoms with van der Waals surface area (Å²) in [5.41, 5.74) is 11.4. The lowest BCUT2D eigenvalue weighted by Crippen LogP contribution is -2.55. The summed E-state index contributed by atoms with van der Waals surface area (Å²) in [7, 11) is 1.63. The number of ether oxygens (including phenoxy) is 1. The fourth-order valence-electron chi connectivity index (χ4n) is 5.36. The van der Waals surface area contributed by atoms with Gasteiger partial charge in [0.05, 0.1) is 29.9 Å². The van der Waals surface area contributed by atoms with Crippen LogP contribution in [0.5, 0.6) is 0 Å². The van der Waals surface area contributed by atoms with Gasteiger partial charge in [0.25, 0.3) is 0 Å². The highest BCUT2D eigenvalue weighted by Crippen LogP contribution is 2.46. The smallest absolute Gasteiger partial charge is 0.225 e. The van der Waals surface area contributed by atoms with E-state index in [2.05, 4.69) is 40.5 Å². The van der Waals surface area contributed by atoms with E-state index in [0.717, 1.165) is 65.8 Å². The summed E-state index contributed by atoms with van der Waals surface area (Å²) in [6.45, 7) is 8.52.